The monoisotopic (exact) mass is 355 g/mol. The molecule has 134 valence electrons. The van der Waals surface area contributed by atoms with Gasteiger partial charge >= 0.3 is 0 Å². The average Bonchev–Trinajstić information content (AvgIpc) is 3.05. The summed E-state index contributed by atoms with van der Waals surface area (Å²) < 4.78 is 12.5. The van der Waals surface area contributed by atoms with Crippen LogP contribution >= 0.6 is 0 Å². The molecule has 5 rings (SSSR count). The molecule has 9 heteroatoms. The van der Waals surface area contributed by atoms with E-state index < -0.39 is 5.92 Å². The summed E-state index contributed by atoms with van der Waals surface area (Å²) in [6.07, 6.45) is 3.94. The highest BCUT2D eigenvalue weighted by atomic mass is 16.7. The molecule has 9 nitrogen and oxygen atoms in total. The van der Waals surface area contributed by atoms with Crippen molar-refractivity contribution >= 4 is 23.5 Å². The van der Waals surface area contributed by atoms with Crippen LogP contribution in [-0.4, -0.2) is 39.9 Å². The second kappa shape index (κ2) is 5.72. The van der Waals surface area contributed by atoms with Crippen molar-refractivity contribution in [3.8, 4) is 11.5 Å². The van der Waals surface area contributed by atoms with Crippen LogP contribution < -0.4 is 19.7 Å². The second-order valence-electron chi connectivity index (χ2n) is 6.73. The number of nitrogens with zero attached hydrogens (tertiary/aromatic N) is 4. The number of hydrogen-bond acceptors (Lipinski definition) is 6. The zero-order valence-corrected chi connectivity index (χ0v) is 13.9. The topological polar surface area (TPSA) is 98.6 Å². The maximum absolute atomic E-state index is 12.6. The van der Waals surface area contributed by atoms with Crippen LogP contribution in [0.2, 0.25) is 0 Å². The van der Waals surface area contributed by atoms with Crippen molar-refractivity contribution in [2.45, 2.75) is 25.3 Å². The molecule has 2 fully saturated rings. The van der Waals surface area contributed by atoms with Gasteiger partial charge in [-0.25, -0.2) is 0 Å². The standard InChI is InChI=1S/C17H17N5O4/c23-15-5-10(16(24)19-17-20-18-8-22(17)11-1-2-11)7-21(15)12-3-4-13-14(6-12)26-9-25-13/h3-4,6,8,10-11H,1-2,5,7,9H2,(H,19,20,24). The summed E-state index contributed by atoms with van der Waals surface area (Å²) in [6.45, 7) is 0.501. The van der Waals surface area contributed by atoms with E-state index in [4.69, 9.17) is 9.47 Å². The minimum absolute atomic E-state index is 0.0901. The smallest absolute Gasteiger partial charge is 0.232 e. The molecule has 1 aromatic carbocycles. The Hall–Kier alpha value is -3.10. The first-order chi connectivity index (χ1) is 12.7. The predicted octanol–water partition coefficient (Wildman–Crippen LogP) is 1.33. The Bertz CT molecular complexity index is 891. The summed E-state index contributed by atoms with van der Waals surface area (Å²) >= 11 is 0. The Labute approximate surface area is 148 Å². The van der Waals surface area contributed by atoms with E-state index in [-0.39, 0.29) is 25.0 Å². The maximum Gasteiger partial charge on any atom is 0.232 e. The Morgan fingerprint density at radius 3 is 2.92 bits per heavy atom. The van der Waals surface area contributed by atoms with Crippen LogP contribution in [0.3, 0.4) is 0 Å². The quantitative estimate of drug-likeness (QED) is 0.888. The fourth-order valence-electron chi connectivity index (χ4n) is 3.35. The zero-order valence-electron chi connectivity index (χ0n) is 13.9. The van der Waals surface area contributed by atoms with Gasteiger partial charge in [0.25, 0.3) is 0 Å². The van der Waals surface area contributed by atoms with Gasteiger partial charge in [0, 0.05) is 30.8 Å². The third kappa shape index (κ3) is 2.56. The Kier molecular flexibility index (Phi) is 3.34. The molecule has 1 aliphatic carbocycles. The van der Waals surface area contributed by atoms with Crippen molar-refractivity contribution in [2.75, 3.05) is 23.6 Å². The first kappa shape index (κ1) is 15.2. The van der Waals surface area contributed by atoms with Gasteiger partial charge in [0.2, 0.25) is 24.6 Å². The molecule has 26 heavy (non-hydrogen) atoms. The molecule has 2 aromatic rings. The number of hydrogen-bond donors (Lipinski definition) is 1. The first-order valence-corrected chi connectivity index (χ1v) is 8.59. The van der Waals surface area contributed by atoms with Crippen LogP contribution in [0.5, 0.6) is 11.5 Å². The van der Waals surface area contributed by atoms with Crippen LogP contribution in [0.1, 0.15) is 25.3 Å². The van der Waals surface area contributed by atoms with E-state index in [0.717, 1.165) is 12.8 Å². The van der Waals surface area contributed by atoms with Gasteiger partial charge in [-0.2, -0.15) is 0 Å². The predicted molar refractivity (Wildman–Crippen MR) is 89.9 cm³/mol. The largest absolute Gasteiger partial charge is 0.454 e. The Morgan fingerprint density at radius 2 is 2.08 bits per heavy atom. The summed E-state index contributed by atoms with van der Waals surface area (Å²) in [4.78, 5) is 26.6. The van der Waals surface area contributed by atoms with Crippen molar-refractivity contribution in [3.05, 3.63) is 24.5 Å². The minimum Gasteiger partial charge on any atom is -0.454 e. The fourth-order valence-corrected chi connectivity index (χ4v) is 3.35. The molecule has 1 saturated heterocycles. The molecule has 0 radical (unpaired) electrons. The lowest BCUT2D eigenvalue weighted by Crippen LogP contribution is -2.28. The van der Waals surface area contributed by atoms with Crippen molar-refractivity contribution in [3.63, 3.8) is 0 Å². The lowest BCUT2D eigenvalue weighted by molar-refractivity contribution is -0.122. The third-order valence-electron chi connectivity index (χ3n) is 4.91. The van der Waals surface area contributed by atoms with Gasteiger partial charge in [0.15, 0.2) is 11.5 Å². The van der Waals surface area contributed by atoms with Crippen LogP contribution in [0, 0.1) is 5.92 Å². The minimum atomic E-state index is -0.433. The van der Waals surface area contributed by atoms with Gasteiger partial charge in [-0.1, -0.05) is 0 Å². The number of fused-ring (bicyclic) bond motifs is 1. The van der Waals surface area contributed by atoms with Gasteiger partial charge in [0.05, 0.1) is 5.92 Å². The highest BCUT2D eigenvalue weighted by molar-refractivity contribution is 6.03. The van der Waals surface area contributed by atoms with E-state index in [0.29, 0.717) is 35.7 Å². The molecule has 0 spiro atoms. The van der Waals surface area contributed by atoms with Crippen molar-refractivity contribution in [1.82, 2.24) is 14.8 Å². The summed E-state index contributed by atoms with van der Waals surface area (Å²) in [7, 11) is 0. The van der Waals surface area contributed by atoms with Gasteiger partial charge in [-0.3, -0.25) is 19.5 Å². The van der Waals surface area contributed by atoms with Crippen LogP contribution in [0.4, 0.5) is 11.6 Å². The number of carbonyl (C=O) groups is 2. The molecule has 1 atom stereocenters. The number of ether oxygens (including phenoxy) is 2. The van der Waals surface area contributed by atoms with E-state index >= 15 is 0 Å². The zero-order chi connectivity index (χ0) is 17.7. The van der Waals surface area contributed by atoms with E-state index in [1.165, 1.54) is 0 Å². The summed E-state index contributed by atoms with van der Waals surface area (Å²) in [5, 5.41) is 10.7. The highest BCUT2D eigenvalue weighted by Crippen LogP contribution is 2.38. The molecule has 2 aliphatic heterocycles. The van der Waals surface area contributed by atoms with E-state index in [9.17, 15) is 9.59 Å². The number of amides is 2. The number of benzene rings is 1. The number of aromatic nitrogens is 3. The third-order valence-corrected chi connectivity index (χ3v) is 4.91. The van der Waals surface area contributed by atoms with Gasteiger partial charge < -0.3 is 14.4 Å². The van der Waals surface area contributed by atoms with Crippen molar-refractivity contribution in [1.29, 1.82) is 0 Å². The lowest BCUT2D eigenvalue weighted by Gasteiger charge is -2.17. The molecule has 1 N–H and O–H groups in total. The molecule has 1 aromatic heterocycles. The van der Waals surface area contributed by atoms with E-state index in [1.54, 1.807) is 29.4 Å². The summed E-state index contributed by atoms with van der Waals surface area (Å²) in [5.41, 5.74) is 0.704. The SMILES string of the molecule is O=C(Nc1nncn1C1CC1)C1CC(=O)N(c2ccc3c(c2)OCO3)C1. The number of nitrogens with one attached hydrogen (secondary N) is 1. The van der Waals surface area contributed by atoms with Crippen LogP contribution in [-0.2, 0) is 9.59 Å². The van der Waals surface area contributed by atoms with E-state index in [1.807, 2.05) is 4.57 Å². The fraction of sp³-hybridized carbons (Fsp3) is 0.412. The summed E-state index contributed by atoms with van der Waals surface area (Å²) in [5.74, 6) is 0.989. The van der Waals surface area contributed by atoms with Crippen LogP contribution in [0.15, 0.2) is 24.5 Å². The summed E-state index contributed by atoms with van der Waals surface area (Å²) in [6, 6.07) is 5.71. The molecule has 1 saturated carbocycles. The van der Waals surface area contributed by atoms with Gasteiger partial charge in [-0.05, 0) is 25.0 Å². The molecule has 2 amide bonds. The Balaban J connectivity index is 1.30. The maximum atomic E-state index is 12.6. The molecule has 3 aliphatic rings. The number of anilines is 2. The van der Waals surface area contributed by atoms with Crippen molar-refractivity contribution < 1.29 is 19.1 Å². The highest BCUT2D eigenvalue weighted by Gasteiger charge is 2.36. The lowest BCUT2D eigenvalue weighted by atomic mass is 10.1. The van der Waals surface area contributed by atoms with Crippen LogP contribution in [0.25, 0.3) is 0 Å². The normalized spacial score (nSPS) is 21.3. The molecular formula is C17H17N5O4. The number of carbonyl (C=O) groups excluding carboxylic acids is 2. The van der Waals surface area contributed by atoms with Crippen molar-refractivity contribution in [2.24, 2.45) is 5.92 Å². The Morgan fingerprint density at radius 1 is 1.23 bits per heavy atom. The average molecular weight is 355 g/mol. The van der Waals surface area contributed by atoms with Gasteiger partial charge in [-0.15, -0.1) is 10.2 Å². The van der Waals surface area contributed by atoms with Gasteiger partial charge in [0.1, 0.15) is 6.33 Å². The number of rotatable bonds is 4. The first-order valence-electron chi connectivity index (χ1n) is 8.59. The molecule has 1 unspecified atom stereocenters. The molecular weight excluding hydrogens is 338 g/mol. The van der Waals surface area contributed by atoms with E-state index in [2.05, 4.69) is 15.5 Å². The molecule has 3 heterocycles. The molecule has 0 bridgehead atoms. The second-order valence-corrected chi connectivity index (χ2v) is 6.73.